The Morgan fingerprint density at radius 3 is 2.62 bits per heavy atom. The maximum absolute atomic E-state index is 14.9. The number of aromatic amines is 1. The van der Waals surface area contributed by atoms with Crippen LogP contribution in [-0.2, 0) is 4.79 Å². The van der Waals surface area contributed by atoms with Crippen molar-refractivity contribution >= 4 is 28.3 Å². The second kappa shape index (κ2) is 9.32. The van der Waals surface area contributed by atoms with E-state index in [1.807, 2.05) is 6.08 Å². The molecule has 1 aliphatic heterocycles. The molecular formula is C25H27F2N5O2. The van der Waals surface area contributed by atoms with Crippen LogP contribution in [0.25, 0.3) is 16.6 Å². The number of nitrogens with one attached hydrogen (secondary N) is 2. The molecule has 0 bridgehead atoms. The molecule has 0 saturated carbocycles. The number of aryl methyl sites for hydroxylation is 1. The van der Waals surface area contributed by atoms with Crippen molar-refractivity contribution in [2.75, 3.05) is 18.4 Å². The van der Waals surface area contributed by atoms with Gasteiger partial charge in [0.25, 0.3) is 5.56 Å². The lowest BCUT2D eigenvalue weighted by atomic mass is 9.99. The van der Waals surface area contributed by atoms with Crippen LogP contribution in [0.4, 0.5) is 14.6 Å². The number of pyridine rings is 1. The minimum atomic E-state index is -1.43. The zero-order chi connectivity index (χ0) is 24.6. The molecule has 0 radical (unpaired) electrons. The number of hydrogen-bond donors (Lipinski definition) is 2. The van der Waals surface area contributed by atoms with E-state index < -0.39 is 18.0 Å². The quantitative estimate of drug-likeness (QED) is 0.572. The van der Waals surface area contributed by atoms with Gasteiger partial charge in [-0.25, -0.2) is 18.7 Å². The molecule has 0 saturated heterocycles. The Morgan fingerprint density at radius 2 is 1.97 bits per heavy atom. The van der Waals surface area contributed by atoms with Crippen LogP contribution in [0, 0.1) is 12.7 Å². The van der Waals surface area contributed by atoms with Crippen LogP contribution in [0.2, 0.25) is 0 Å². The van der Waals surface area contributed by atoms with Gasteiger partial charge in [0.1, 0.15) is 29.3 Å². The van der Waals surface area contributed by atoms with Crippen LogP contribution in [-0.4, -0.2) is 38.8 Å². The Labute approximate surface area is 195 Å². The summed E-state index contributed by atoms with van der Waals surface area (Å²) in [6.45, 7) is 7.27. The number of hydrogen-bond acceptors (Lipinski definition) is 5. The van der Waals surface area contributed by atoms with Crippen LogP contribution in [0.1, 0.15) is 61.9 Å². The normalized spacial score (nSPS) is 15.7. The van der Waals surface area contributed by atoms with Crippen molar-refractivity contribution in [1.82, 2.24) is 19.9 Å². The van der Waals surface area contributed by atoms with E-state index in [9.17, 15) is 18.4 Å². The molecule has 2 aromatic heterocycles. The fraction of sp³-hybridized carbons (Fsp3) is 0.360. The average molecular weight is 468 g/mol. The van der Waals surface area contributed by atoms with Crippen LogP contribution >= 0.6 is 0 Å². The number of fused-ring (bicyclic) bond motifs is 1. The summed E-state index contributed by atoms with van der Waals surface area (Å²) in [5, 5.41) is 3.79. The highest BCUT2D eigenvalue weighted by atomic mass is 19.1. The number of halogens is 2. The molecule has 2 atom stereocenters. The van der Waals surface area contributed by atoms with Gasteiger partial charge in [-0.2, -0.15) is 0 Å². The summed E-state index contributed by atoms with van der Waals surface area (Å²) < 4.78 is 28.7. The van der Waals surface area contributed by atoms with E-state index in [1.165, 1.54) is 19.9 Å². The number of carbonyl (C=O) groups excluding carboxylic acids is 1. The molecule has 7 nitrogen and oxygen atoms in total. The summed E-state index contributed by atoms with van der Waals surface area (Å²) in [4.78, 5) is 37.8. The number of nitrogens with zero attached hydrogens (tertiary/aromatic N) is 3. The molecule has 1 aliphatic rings. The van der Waals surface area contributed by atoms with Crippen molar-refractivity contribution in [2.24, 2.45) is 0 Å². The highest BCUT2D eigenvalue weighted by Gasteiger charge is 2.21. The molecule has 3 aromatic rings. The van der Waals surface area contributed by atoms with Crippen molar-refractivity contribution in [1.29, 1.82) is 0 Å². The van der Waals surface area contributed by atoms with Gasteiger partial charge in [-0.05, 0) is 38.8 Å². The second-order valence-corrected chi connectivity index (χ2v) is 8.57. The number of benzene rings is 1. The first-order valence-corrected chi connectivity index (χ1v) is 11.2. The average Bonchev–Trinajstić information content (AvgIpc) is 2.78. The predicted octanol–water partition coefficient (Wildman–Crippen LogP) is 4.60. The van der Waals surface area contributed by atoms with Gasteiger partial charge in [-0.1, -0.05) is 24.3 Å². The van der Waals surface area contributed by atoms with E-state index in [0.717, 1.165) is 5.57 Å². The Bertz CT molecular complexity index is 1350. The number of amides is 1. The lowest BCUT2D eigenvalue weighted by molar-refractivity contribution is -0.128. The lowest BCUT2D eigenvalue weighted by Crippen LogP contribution is -2.33. The minimum Gasteiger partial charge on any atom is -0.363 e. The molecule has 0 spiro atoms. The molecule has 0 aliphatic carbocycles. The molecular weight excluding hydrogens is 440 g/mol. The smallest absolute Gasteiger partial charge is 0.257 e. The molecule has 178 valence electrons. The zero-order valence-electron chi connectivity index (χ0n) is 19.6. The predicted molar refractivity (Wildman–Crippen MR) is 128 cm³/mol. The van der Waals surface area contributed by atoms with E-state index in [4.69, 9.17) is 0 Å². The van der Waals surface area contributed by atoms with Gasteiger partial charge < -0.3 is 15.2 Å². The number of aromatic nitrogens is 3. The van der Waals surface area contributed by atoms with Crippen molar-refractivity contribution < 1.29 is 13.6 Å². The van der Waals surface area contributed by atoms with Gasteiger partial charge in [0.2, 0.25) is 5.91 Å². The molecule has 4 rings (SSSR count). The third kappa shape index (κ3) is 4.55. The first-order chi connectivity index (χ1) is 16.2. The number of anilines is 1. The highest BCUT2D eigenvalue weighted by molar-refractivity contribution is 5.89. The Morgan fingerprint density at radius 1 is 1.24 bits per heavy atom. The Hall–Kier alpha value is -3.62. The van der Waals surface area contributed by atoms with E-state index in [2.05, 4.69) is 20.3 Å². The third-order valence-electron chi connectivity index (χ3n) is 6.13. The molecule has 3 heterocycles. The van der Waals surface area contributed by atoms with Gasteiger partial charge in [0.05, 0.1) is 11.4 Å². The summed E-state index contributed by atoms with van der Waals surface area (Å²) in [6, 6.07) is 5.87. The van der Waals surface area contributed by atoms with Crippen molar-refractivity contribution in [3.8, 4) is 0 Å². The summed E-state index contributed by atoms with van der Waals surface area (Å²) in [7, 11) is 0. The molecule has 1 aromatic carbocycles. The molecule has 2 N–H and O–H groups in total. The number of carbonyl (C=O) groups is 1. The number of alkyl halides is 1. The van der Waals surface area contributed by atoms with Gasteiger partial charge in [-0.3, -0.25) is 9.59 Å². The zero-order valence-corrected chi connectivity index (χ0v) is 19.6. The van der Waals surface area contributed by atoms with Crippen LogP contribution in [0.15, 0.2) is 35.1 Å². The largest absolute Gasteiger partial charge is 0.363 e. The van der Waals surface area contributed by atoms with Gasteiger partial charge in [0, 0.05) is 36.7 Å². The van der Waals surface area contributed by atoms with Gasteiger partial charge in [-0.15, -0.1) is 0 Å². The van der Waals surface area contributed by atoms with Crippen molar-refractivity contribution in [3.63, 3.8) is 0 Å². The standard InChI is InChI=1S/C25H27F2N5O2/c1-13(26)18-6-5-7-19(22(18)27)14(2)28-23-21-12-20(17-8-10-32(11-9-17)16(4)33)25(34)31-24(21)30-15(3)29-23/h5-8,12-14H,9-11H2,1-4H3,(H2,28,29,30,31,34)/t13?,14-/m1/s1. The summed E-state index contributed by atoms with van der Waals surface area (Å²) >= 11 is 0. The fourth-order valence-electron chi connectivity index (χ4n) is 4.24. The minimum absolute atomic E-state index is 0.00494. The molecule has 9 heteroatoms. The molecule has 0 fully saturated rings. The maximum Gasteiger partial charge on any atom is 0.257 e. The molecule has 34 heavy (non-hydrogen) atoms. The topological polar surface area (TPSA) is 91.0 Å². The van der Waals surface area contributed by atoms with Gasteiger partial charge >= 0.3 is 0 Å². The van der Waals surface area contributed by atoms with Crippen LogP contribution in [0.3, 0.4) is 0 Å². The van der Waals surface area contributed by atoms with Crippen molar-refractivity contribution in [2.45, 2.75) is 46.3 Å². The SMILES string of the molecule is CC(=O)N1CC=C(c2cc3c(N[C@H](C)c4cccc(C(C)F)c4F)nc(C)nc3[nH]c2=O)CC1. The van der Waals surface area contributed by atoms with E-state index in [1.54, 1.807) is 36.9 Å². The Kier molecular flexibility index (Phi) is 6.45. The first-order valence-electron chi connectivity index (χ1n) is 11.2. The summed E-state index contributed by atoms with van der Waals surface area (Å²) in [5.41, 5.74) is 1.74. The van der Waals surface area contributed by atoms with E-state index in [-0.39, 0.29) is 17.0 Å². The third-order valence-corrected chi connectivity index (χ3v) is 6.13. The fourth-order valence-corrected chi connectivity index (χ4v) is 4.24. The monoisotopic (exact) mass is 467 g/mol. The van der Waals surface area contributed by atoms with Crippen LogP contribution < -0.4 is 10.9 Å². The van der Waals surface area contributed by atoms with E-state index >= 15 is 0 Å². The maximum atomic E-state index is 14.9. The number of H-pyrrole nitrogens is 1. The van der Waals surface area contributed by atoms with Gasteiger partial charge in [0.15, 0.2) is 0 Å². The van der Waals surface area contributed by atoms with Crippen LogP contribution in [0.5, 0.6) is 0 Å². The molecule has 1 unspecified atom stereocenters. The van der Waals surface area contributed by atoms with E-state index in [0.29, 0.717) is 53.3 Å². The second-order valence-electron chi connectivity index (χ2n) is 8.57. The van der Waals surface area contributed by atoms with Crippen molar-refractivity contribution in [3.05, 3.63) is 69.0 Å². The number of rotatable bonds is 5. The Balaban J connectivity index is 1.74. The lowest BCUT2D eigenvalue weighted by Gasteiger charge is -2.25. The highest BCUT2D eigenvalue weighted by Crippen LogP contribution is 2.30. The first kappa shape index (κ1) is 23.5. The summed E-state index contributed by atoms with van der Waals surface area (Å²) in [5.74, 6) is 0.271. The summed E-state index contributed by atoms with van der Waals surface area (Å²) in [6.07, 6.45) is 1.01. The molecule has 1 amide bonds.